The van der Waals surface area contributed by atoms with Crippen LogP contribution in [0, 0.1) is 0 Å². The molecular weight excluding hydrogens is 380 g/mol. The van der Waals surface area contributed by atoms with Gasteiger partial charge >= 0.3 is 6.09 Å². The second-order valence-corrected chi connectivity index (χ2v) is 7.02. The lowest BCUT2D eigenvalue weighted by molar-refractivity contribution is 0.0884. The van der Waals surface area contributed by atoms with Crippen LogP contribution >= 0.6 is 11.6 Å². The van der Waals surface area contributed by atoms with Gasteiger partial charge in [-0.25, -0.2) is 4.79 Å². The van der Waals surface area contributed by atoms with Gasteiger partial charge in [0.25, 0.3) is 5.91 Å². The minimum Gasteiger partial charge on any atom is -0.453 e. The number of hydrogen-bond donors (Lipinski definition) is 1. The maximum absolute atomic E-state index is 12.8. The maximum atomic E-state index is 12.8. The summed E-state index contributed by atoms with van der Waals surface area (Å²) in [5.41, 5.74) is 1.14. The van der Waals surface area contributed by atoms with Gasteiger partial charge in [-0.15, -0.1) is 0 Å². The average molecular weight is 401 g/mol. The average Bonchev–Trinajstić information content (AvgIpc) is 2.73. The van der Waals surface area contributed by atoms with Crippen LogP contribution < -0.4 is 5.32 Å². The lowest BCUT2D eigenvalue weighted by atomic mass is 9.97. The number of carbonyl (C=O) groups excluding carboxylic acids is 3. The largest absolute Gasteiger partial charge is 0.453 e. The Morgan fingerprint density at radius 2 is 1.61 bits per heavy atom. The Hall–Kier alpha value is -2.86. The maximum Gasteiger partial charge on any atom is 0.409 e. The zero-order chi connectivity index (χ0) is 20.1. The molecule has 1 saturated heterocycles. The van der Waals surface area contributed by atoms with Gasteiger partial charge in [0.15, 0.2) is 5.78 Å². The molecular formula is C21H21ClN2O4. The minimum atomic E-state index is -0.358. The lowest BCUT2D eigenvalue weighted by Gasteiger charge is -2.31. The number of ketones is 1. The van der Waals surface area contributed by atoms with Gasteiger partial charge < -0.3 is 15.0 Å². The van der Waals surface area contributed by atoms with Gasteiger partial charge in [0, 0.05) is 35.3 Å². The van der Waals surface area contributed by atoms with Crippen molar-refractivity contribution in [2.24, 2.45) is 0 Å². The molecule has 2 aromatic rings. The SMILES string of the molecule is COC(=O)N1CCC(NC(=O)c2ccccc2C(=O)c2ccc(Cl)cc2)CC1. The first-order valence-electron chi connectivity index (χ1n) is 9.02. The summed E-state index contributed by atoms with van der Waals surface area (Å²) in [6.45, 7) is 1.03. The van der Waals surface area contributed by atoms with E-state index < -0.39 is 0 Å². The predicted octanol–water partition coefficient (Wildman–Crippen LogP) is 3.53. The molecule has 146 valence electrons. The van der Waals surface area contributed by atoms with E-state index >= 15 is 0 Å². The molecule has 0 saturated carbocycles. The fraction of sp³-hybridized carbons (Fsp3) is 0.286. The molecule has 0 spiro atoms. The fourth-order valence-electron chi connectivity index (χ4n) is 3.23. The number of halogens is 1. The summed E-state index contributed by atoms with van der Waals surface area (Å²) in [5, 5.41) is 3.52. The van der Waals surface area contributed by atoms with Crippen molar-refractivity contribution in [3.63, 3.8) is 0 Å². The molecule has 0 aliphatic carbocycles. The zero-order valence-corrected chi connectivity index (χ0v) is 16.2. The first kappa shape index (κ1) is 19.9. The highest BCUT2D eigenvalue weighted by Gasteiger charge is 2.26. The number of methoxy groups -OCH3 is 1. The third kappa shape index (κ3) is 4.51. The van der Waals surface area contributed by atoms with Crippen molar-refractivity contribution in [1.82, 2.24) is 10.2 Å². The third-order valence-corrected chi connectivity index (χ3v) is 5.04. The molecule has 7 heteroatoms. The van der Waals surface area contributed by atoms with E-state index in [2.05, 4.69) is 5.32 Å². The summed E-state index contributed by atoms with van der Waals surface area (Å²) in [7, 11) is 1.35. The number of ether oxygens (including phenoxy) is 1. The Kier molecular flexibility index (Phi) is 6.31. The third-order valence-electron chi connectivity index (χ3n) is 4.79. The van der Waals surface area contributed by atoms with E-state index in [0.717, 1.165) is 0 Å². The van der Waals surface area contributed by atoms with E-state index in [1.807, 2.05) is 0 Å². The number of nitrogens with zero attached hydrogens (tertiary/aromatic N) is 1. The number of nitrogens with one attached hydrogen (secondary N) is 1. The van der Waals surface area contributed by atoms with E-state index in [9.17, 15) is 14.4 Å². The van der Waals surface area contributed by atoms with E-state index in [1.165, 1.54) is 7.11 Å². The molecule has 1 heterocycles. The van der Waals surface area contributed by atoms with Crippen LogP contribution in [0.3, 0.4) is 0 Å². The summed E-state index contributed by atoms with van der Waals surface area (Å²) in [6.07, 6.45) is 0.908. The van der Waals surface area contributed by atoms with Crippen molar-refractivity contribution in [1.29, 1.82) is 0 Å². The second-order valence-electron chi connectivity index (χ2n) is 6.59. The summed E-state index contributed by atoms with van der Waals surface area (Å²) in [6, 6.07) is 13.3. The van der Waals surface area contributed by atoms with Gasteiger partial charge in [-0.05, 0) is 43.2 Å². The summed E-state index contributed by atoms with van der Waals surface area (Å²) in [4.78, 5) is 38.8. The van der Waals surface area contributed by atoms with Crippen molar-refractivity contribution in [3.05, 3.63) is 70.2 Å². The highest BCUT2D eigenvalue weighted by molar-refractivity contribution is 6.30. The summed E-state index contributed by atoms with van der Waals surface area (Å²) >= 11 is 5.88. The van der Waals surface area contributed by atoms with Crippen LogP contribution in [0.2, 0.25) is 5.02 Å². The van der Waals surface area contributed by atoms with Gasteiger partial charge in [0.2, 0.25) is 0 Å². The molecule has 2 amide bonds. The van der Waals surface area contributed by atoms with E-state index in [-0.39, 0.29) is 23.8 Å². The lowest BCUT2D eigenvalue weighted by Crippen LogP contribution is -2.46. The van der Waals surface area contributed by atoms with Gasteiger partial charge in [-0.3, -0.25) is 9.59 Å². The molecule has 3 rings (SSSR count). The molecule has 1 fully saturated rings. The summed E-state index contributed by atoms with van der Waals surface area (Å²) < 4.78 is 4.72. The van der Waals surface area contributed by atoms with E-state index in [0.29, 0.717) is 47.6 Å². The predicted molar refractivity (Wildman–Crippen MR) is 106 cm³/mol. The van der Waals surface area contributed by atoms with Crippen LogP contribution in [0.4, 0.5) is 4.79 Å². The van der Waals surface area contributed by atoms with Crippen molar-refractivity contribution in [2.45, 2.75) is 18.9 Å². The molecule has 1 N–H and O–H groups in total. The molecule has 6 nitrogen and oxygen atoms in total. The van der Waals surface area contributed by atoms with Crippen LogP contribution in [0.5, 0.6) is 0 Å². The van der Waals surface area contributed by atoms with Crippen molar-refractivity contribution >= 4 is 29.4 Å². The van der Waals surface area contributed by atoms with Gasteiger partial charge in [0.1, 0.15) is 0 Å². The smallest absolute Gasteiger partial charge is 0.409 e. The number of rotatable bonds is 4. The van der Waals surface area contributed by atoms with E-state index in [4.69, 9.17) is 16.3 Å². The molecule has 0 bridgehead atoms. The van der Waals surface area contributed by atoms with Crippen molar-refractivity contribution in [2.75, 3.05) is 20.2 Å². The van der Waals surface area contributed by atoms with E-state index in [1.54, 1.807) is 53.4 Å². The van der Waals surface area contributed by atoms with Gasteiger partial charge in [0.05, 0.1) is 12.7 Å². The Bertz CT molecular complexity index is 874. The van der Waals surface area contributed by atoms with Crippen LogP contribution in [-0.2, 0) is 4.74 Å². The monoisotopic (exact) mass is 400 g/mol. The zero-order valence-electron chi connectivity index (χ0n) is 15.5. The number of amides is 2. The first-order valence-corrected chi connectivity index (χ1v) is 9.40. The van der Waals surface area contributed by atoms with Crippen LogP contribution in [0.1, 0.15) is 39.1 Å². The number of piperidine rings is 1. The molecule has 0 atom stereocenters. The quantitative estimate of drug-likeness (QED) is 0.796. The Labute approximate surface area is 168 Å². The van der Waals surface area contributed by atoms with Crippen molar-refractivity contribution < 1.29 is 19.1 Å². The Morgan fingerprint density at radius 3 is 2.21 bits per heavy atom. The summed E-state index contributed by atoms with van der Waals surface area (Å²) in [5.74, 6) is -0.530. The fourth-order valence-corrected chi connectivity index (χ4v) is 3.36. The molecule has 28 heavy (non-hydrogen) atoms. The van der Waals surface area contributed by atoms with Crippen LogP contribution in [-0.4, -0.2) is 48.9 Å². The highest BCUT2D eigenvalue weighted by atomic mass is 35.5. The minimum absolute atomic E-state index is 0.0629. The number of hydrogen-bond acceptors (Lipinski definition) is 4. The number of benzene rings is 2. The topological polar surface area (TPSA) is 75.7 Å². The molecule has 0 radical (unpaired) electrons. The van der Waals surface area contributed by atoms with Crippen LogP contribution in [0.25, 0.3) is 0 Å². The second kappa shape index (κ2) is 8.89. The standard InChI is InChI=1S/C21H21ClN2O4/c1-28-21(27)24-12-10-16(11-13-24)23-20(26)18-5-3-2-4-17(18)19(25)14-6-8-15(22)9-7-14/h2-9,16H,10-13H2,1H3,(H,23,26). The Balaban J connectivity index is 1.70. The molecule has 1 aliphatic heterocycles. The van der Waals surface area contributed by atoms with Crippen molar-refractivity contribution in [3.8, 4) is 0 Å². The van der Waals surface area contributed by atoms with Gasteiger partial charge in [-0.1, -0.05) is 29.8 Å². The Morgan fingerprint density at radius 1 is 1.00 bits per heavy atom. The molecule has 1 aliphatic rings. The molecule has 2 aromatic carbocycles. The number of carbonyl (C=O) groups is 3. The first-order chi connectivity index (χ1) is 13.5. The number of likely N-dealkylation sites (tertiary alicyclic amines) is 1. The molecule has 0 aromatic heterocycles. The van der Waals surface area contributed by atoms with Gasteiger partial charge in [-0.2, -0.15) is 0 Å². The normalized spacial score (nSPS) is 14.4. The highest BCUT2D eigenvalue weighted by Crippen LogP contribution is 2.18. The van der Waals surface area contributed by atoms with Crippen LogP contribution in [0.15, 0.2) is 48.5 Å². The molecule has 0 unspecified atom stereocenters.